The van der Waals surface area contributed by atoms with Crippen LogP contribution in [0, 0.1) is 0 Å². The van der Waals surface area contributed by atoms with Gasteiger partial charge in [0.15, 0.2) is 0 Å². The molecule has 6 heteroatoms. The minimum atomic E-state index is -3.16. The van der Waals surface area contributed by atoms with Crippen LogP contribution >= 0.6 is 7.44 Å². The first-order valence-corrected chi connectivity index (χ1v) is 9.84. The van der Waals surface area contributed by atoms with Crippen molar-refractivity contribution >= 4 is 18.4 Å². The highest BCUT2D eigenvalue weighted by Crippen LogP contribution is 2.64. The minimum Gasteiger partial charge on any atom is -0.507 e. The van der Waals surface area contributed by atoms with Crippen molar-refractivity contribution in [1.29, 1.82) is 0 Å². The summed E-state index contributed by atoms with van der Waals surface area (Å²) in [6, 6.07) is 15.1. The molecule has 0 unspecified atom stereocenters. The molecule has 2 atom stereocenters. The van der Waals surface area contributed by atoms with E-state index in [1.54, 1.807) is 25.3 Å². The maximum atomic E-state index is 14.4. The highest BCUT2D eigenvalue weighted by molar-refractivity contribution is 7.71. The second-order valence-corrected chi connectivity index (χ2v) is 8.78. The van der Waals surface area contributed by atoms with Crippen LogP contribution in [0.15, 0.2) is 48.5 Å². The van der Waals surface area contributed by atoms with Crippen molar-refractivity contribution in [3.05, 3.63) is 48.5 Å². The predicted octanol–water partition coefficient (Wildman–Crippen LogP) is 3.20. The van der Waals surface area contributed by atoms with Crippen LogP contribution in [0.4, 0.5) is 5.69 Å². The monoisotopic (exact) mass is 344 g/mol. The van der Waals surface area contributed by atoms with Crippen molar-refractivity contribution < 1.29 is 14.4 Å². The molecule has 0 saturated carbocycles. The first kappa shape index (κ1) is 15.6. The molecule has 2 aliphatic heterocycles. The number of fused-ring (bicyclic) bond motifs is 1. The van der Waals surface area contributed by atoms with E-state index in [0.717, 1.165) is 25.1 Å². The van der Waals surface area contributed by atoms with Crippen molar-refractivity contribution in [1.82, 2.24) is 4.67 Å². The third-order valence-electron chi connectivity index (χ3n) is 4.95. The Kier molecular flexibility index (Phi) is 3.78. The molecule has 2 heterocycles. The Morgan fingerprint density at radius 2 is 1.96 bits per heavy atom. The van der Waals surface area contributed by atoms with Crippen LogP contribution in [-0.2, 0) is 4.57 Å². The van der Waals surface area contributed by atoms with Crippen LogP contribution in [0.5, 0.6) is 11.5 Å². The summed E-state index contributed by atoms with van der Waals surface area (Å²) in [5.41, 5.74) is 0.917. The van der Waals surface area contributed by atoms with Gasteiger partial charge in [-0.3, -0.25) is 4.57 Å². The highest BCUT2D eigenvalue weighted by atomic mass is 31.2. The molecule has 0 aromatic heterocycles. The number of hydrogen-bond acceptors (Lipinski definition) is 3. The fourth-order valence-corrected chi connectivity index (χ4v) is 7.39. The van der Waals surface area contributed by atoms with Crippen LogP contribution in [0.1, 0.15) is 12.8 Å². The Hall–Kier alpha value is -1.97. The van der Waals surface area contributed by atoms with Crippen LogP contribution in [0.2, 0.25) is 0 Å². The summed E-state index contributed by atoms with van der Waals surface area (Å²) < 4.78 is 23.9. The molecular formula is C18H21N2O3P. The van der Waals surface area contributed by atoms with Crippen molar-refractivity contribution in [3.63, 3.8) is 0 Å². The fourth-order valence-electron chi connectivity index (χ4n) is 3.89. The number of aromatic hydroxyl groups is 1. The van der Waals surface area contributed by atoms with Gasteiger partial charge in [-0.05, 0) is 37.1 Å². The molecule has 2 aromatic carbocycles. The zero-order valence-corrected chi connectivity index (χ0v) is 14.5. The molecule has 0 spiro atoms. The Bertz CT molecular complexity index is 796. The van der Waals surface area contributed by atoms with E-state index in [1.807, 2.05) is 35.0 Å². The SMILES string of the molecule is COc1cccc(O)c1[P@@]1(=O)N(c2ccccc2)C[C@@H]2CCCN21. The number of anilines is 1. The van der Waals surface area contributed by atoms with E-state index in [1.165, 1.54) is 0 Å². The lowest BCUT2D eigenvalue weighted by molar-refractivity contribution is 0.407. The van der Waals surface area contributed by atoms with Crippen LogP contribution in [0.3, 0.4) is 0 Å². The summed E-state index contributed by atoms with van der Waals surface area (Å²) in [6.45, 7) is 1.49. The summed E-state index contributed by atoms with van der Waals surface area (Å²) in [6.07, 6.45) is 2.07. The van der Waals surface area contributed by atoms with E-state index < -0.39 is 7.44 Å². The van der Waals surface area contributed by atoms with Gasteiger partial charge in [0.2, 0.25) is 0 Å². The smallest absolute Gasteiger partial charge is 0.276 e. The number of nitrogens with zero attached hydrogens (tertiary/aromatic N) is 2. The predicted molar refractivity (Wildman–Crippen MR) is 95.4 cm³/mol. The molecule has 2 saturated heterocycles. The topological polar surface area (TPSA) is 53.0 Å². The largest absolute Gasteiger partial charge is 0.507 e. The van der Waals surface area contributed by atoms with Crippen LogP contribution < -0.4 is 14.7 Å². The number of methoxy groups -OCH3 is 1. The van der Waals surface area contributed by atoms with Gasteiger partial charge in [0, 0.05) is 24.8 Å². The Morgan fingerprint density at radius 3 is 2.71 bits per heavy atom. The van der Waals surface area contributed by atoms with E-state index in [0.29, 0.717) is 17.6 Å². The molecule has 4 rings (SSSR count). The Balaban J connectivity index is 1.93. The molecule has 0 aliphatic carbocycles. The number of phenolic OH excluding ortho intramolecular Hbond substituents is 1. The van der Waals surface area contributed by atoms with Crippen molar-refractivity contribution in [2.75, 3.05) is 24.9 Å². The zero-order chi connectivity index (χ0) is 16.7. The van der Waals surface area contributed by atoms with Crippen LogP contribution in [0.25, 0.3) is 0 Å². The molecule has 126 valence electrons. The Morgan fingerprint density at radius 1 is 1.17 bits per heavy atom. The van der Waals surface area contributed by atoms with Crippen molar-refractivity contribution in [3.8, 4) is 11.5 Å². The van der Waals surface area contributed by atoms with Gasteiger partial charge in [-0.15, -0.1) is 0 Å². The van der Waals surface area contributed by atoms with Gasteiger partial charge in [-0.1, -0.05) is 24.3 Å². The number of rotatable bonds is 3. The number of para-hydroxylation sites is 1. The normalized spacial score (nSPS) is 26.5. The summed E-state index contributed by atoms with van der Waals surface area (Å²) in [4.78, 5) is 0. The molecule has 0 radical (unpaired) electrons. The third-order valence-corrected chi connectivity index (χ3v) is 8.25. The standard InChI is InChI=1S/C18H21N2O3P/c1-23-17-11-5-10-16(21)18(17)24(22)19-12-6-9-15(19)13-20(24)14-7-3-2-4-8-14/h2-5,7-8,10-11,15,21H,6,9,12-13H2,1H3/t15-,24-/m0/s1. The van der Waals surface area contributed by atoms with Gasteiger partial charge in [-0.25, -0.2) is 4.67 Å². The second kappa shape index (κ2) is 5.83. The van der Waals surface area contributed by atoms with Gasteiger partial charge >= 0.3 is 0 Å². The van der Waals surface area contributed by atoms with Gasteiger partial charge in [0.25, 0.3) is 7.44 Å². The third kappa shape index (κ3) is 2.15. The summed E-state index contributed by atoms with van der Waals surface area (Å²) >= 11 is 0. The fraction of sp³-hybridized carbons (Fsp3) is 0.333. The van der Waals surface area contributed by atoms with Gasteiger partial charge in [0.1, 0.15) is 16.8 Å². The van der Waals surface area contributed by atoms with E-state index in [2.05, 4.69) is 4.67 Å². The van der Waals surface area contributed by atoms with Crippen molar-refractivity contribution in [2.24, 2.45) is 0 Å². The highest BCUT2D eigenvalue weighted by Gasteiger charge is 2.53. The first-order chi connectivity index (χ1) is 11.7. The van der Waals surface area contributed by atoms with Gasteiger partial charge < -0.3 is 14.5 Å². The maximum absolute atomic E-state index is 14.4. The molecule has 0 amide bonds. The number of hydrogen-bond donors (Lipinski definition) is 1. The minimum absolute atomic E-state index is 0.0335. The Labute approximate surface area is 141 Å². The molecule has 2 fully saturated rings. The average Bonchev–Trinajstić information content (AvgIpc) is 3.18. The summed E-state index contributed by atoms with van der Waals surface area (Å²) in [5.74, 6) is 0.512. The molecular weight excluding hydrogens is 323 g/mol. The first-order valence-electron chi connectivity index (χ1n) is 8.23. The van der Waals surface area contributed by atoms with E-state index in [9.17, 15) is 9.67 Å². The maximum Gasteiger partial charge on any atom is 0.276 e. The molecule has 0 bridgehead atoms. The molecule has 5 nitrogen and oxygen atoms in total. The lowest BCUT2D eigenvalue weighted by Gasteiger charge is -2.32. The van der Waals surface area contributed by atoms with E-state index in [4.69, 9.17) is 4.74 Å². The van der Waals surface area contributed by atoms with E-state index >= 15 is 0 Å². The molecule has 2 aliphatic rings. The number of benzene rings is 2. The molecule has 1 N–H and O–H groups in total. The molecule has 2 aromatic rings. The number of ether oxygens (including phenoxy) is 1. The summed E-state index contributed by atoms with van der Waals surface area (Å²) in [5, 5.41) is 10.9. The lowest BCUT2D eigenvalue weighted by atomic mass is 10.2. The van der Waals surface area contributed by atoms with Crippen LogP contribution in [-0.4, -0.2) is 36.0 Å². The second-order valence-electron chi connectivity index (χ2n) is 6.25. The molecule has 24 heavy (non-hydrogen) atoms. The lowest BCUT2D eigenvalue weighted by Crippen LogP contribution is -2.28. The summed E-state index contributed by atoms with van der Waals surface area (Å²) in [7, 11) is -1.61. The average molecular weight is 344 g/mol. The van der Waals surface area contributed by atoms with Gasteiger partial charge in [-0.2, -0.15) is 0 Å². The number of phenols is 1. The van der Waals surface area contributed by atoms with Crippen molar-refractivity contribution in [2.45, 2.75) is 18.9 Å². The van der Waals surface area contributed by atoms with E-state index in [-0.39, 0.29) is 11.8 Å². The zero-order valence-electron chi connectivity index (χ0n) is 13.6. The van der Waals surface area contributed by atoms with Gasteiger partial charge in [0.05, 0.1) is 7.11 Å². The quantitative estimate of drug-likeness (QED) is 0.867.